The third kappa shape index (κ3) is 3.93. The highest BCUT2D eigenvalue weighted by atomic mass is 35.5. The summed E-state index contributed by atoms with van der Waals surface area (Å²) in [6.07, 6.45) is 0. The Balaban J connectivity index is 2.29. The molecule has 0 aromatic heterocycles. The van der Waals surface area contributed by atoms with Crippen LogP contribution in [0.25, 0.3) is 0 Å². The number of aliphatic hydroxyl groups is 1. The first-order chi connectivity index (χ1) is 11.2. The minimum absolute atomic E-state index is 0.0422. The number of halogens is 2. The zero-order chi connectivity index (χ0) is 17.9. The monoisotopic (exact) mass is 354 g/mol. The van der Waals surface area contributed by atoms with Crippen LogP contribution in [-0.4, -0.2) is 23.7 Å². The molecule has 2 rings (SSSR count). The maximum absolute atomic E-state index is 13.7. The molecule has 8 heteroatoms. The van der Waals surface area contributed by atoms with Crippen LogP contribution in [0.15, 0.2) is 36.4 Å². The van der Waals surface area contributed by atoms with Crippen molar-refractivity contribution in [1.29, 1.82) is 0 Å². The summed E-state index contributed by atoms with van der Waals surface area (Å²) >= 11 is 5.91. The van der Waals surface area contributed by atoms with Crippen LogP contribution in [0, 0.1) is 15.9 Å². The Morgan fingerprint density at radius 1 is 1.42 bits per heavy atom. The van der Waals surface area contributed by atoms with Crippen molar-refractivity contribution in [3.05, 3.63) is 62.9 Å². The van der Waals surface area contributed by atoms with Crippen LogP contribution in [-0.2, 0) is 5.60 Å². The Hall–Kier alpha value is -2.38. The van der Waals surface area contributed by atoms with Crippen molar-refractivity contribution in [2.75, 3.05) is 19.0 Å². The van der Waals surface area contributed by atoms with Crippen molar-refractivity contribution in [1.82, 2.24) is 0 Å². The average Bonchev–Trinajstić information content (AvgIpc) is 2.53. The molecule has 0 spiro atoms. The van der Waals surface area contributed by atoms with Crippen molar-refractivity contribution in [2.45, 2.75) is 12.5 Å². The standard InChI is InChI=1S/C16H16ClFN2O4/c1-16(21,10-4-3-5-11(17)6-10)9-19-13-8-15(24-2)12(18)7-14(13)20(22)23/h3-8,19,21H,9H2,1-2H3. The van der Waals surface area contributed by atoms with Crippen LogP contribution in [0.5, 0.6) is 5.75 Å². The lowest BCUT2D eigenvalue weighted by molar-refractivity contribution is -0.384. The highest BCUT2D eigenvalue weighted by Crippen LogP contribution is 2.33. The average molecular weight is 355 g/mol. The molecule has 1 unspecified atom stereocenters. The first kappa shape index (κ1) is 18.0. The van der Waals surface area contributed by atoms with Gasteiger partial charge >= 0.3 is 0 Å². The van der Waals surface area contributed by atoms with Crippen LogP contribution < -0.4 is 10.1 Å². The van der Waals surface area contributed by atoms with Crippen molar-refractivity contribution >= 4 is 23.0 Å². The number of hydrogen-bond acceptors (Lipinski definition) is 5. The van der Waals surface area contributed by atoms with Gasteiger partial charge in [-0.2, -0.15) is 0 Å². The zero-order valence-electron chi connectivity index (χ0n) is 13.0. The summed E-state index contributed by atoms with van der Waals surface area (Å²) in [5, 5.41) is 24.9. The van der Waals surface area contributed by atoms with Gasteiger partial charge in [0.05, 0.1) is 18.1 Å². The summed E-state index contributed by atoms with van der Waals surface area (Å²) in [4.78, 5) is 10.4. The number of nitro groups is 1. The molecule has 2 aromatic rings. The van der Waals surface area contributed by atoms with E-state index in [9.17, 15) is 19.6 Å². The van der Waals surface area contributed by atoms with Gasteiger partial charge in [0.2, 0.25) is 0 Å². The molecule has 0 saturated carbocycles. The molecular weight excluding hydrogens is 339 g/mol. The Kier molecular flexibility index (Phi) is 5.26. The molecule has 128 valence electrons. The molecule has 0 heterocycles. The fourth-order valence-corrected chi connectivity index (χ4v) is 2.38. The lowest BCUT2D eigenvalue weighted by Gasteiger charge is -2.25. The largest absolute Gasteiger partial charge is 0.494 e. The maximum atomic E-state index is 13.7. The van der Waals surface area contributed by atoms with Crippen molar-refractivity contribution in [3.63, 3.8) is 0 Å². The summed E-state index contributed by atoms with van der Waals surface area (Å²) in [6, 6.07) is 8.60. The molecule has 0 aliphatic heterocycles. The highest BCUT2D eigenvalue weighted by molar-refractivity contribution is 6.30. The van der Waals surface area contributed by atoms with Gasteiger partial charge in [-0.05, 0) is 24.6 Å². The molecule has 0 saturated heterocycles. The second kappa shape index (κ2) is 7.02. The summed E-state index contributed by atoms with van der Waals surface area (Å²) in [5.41, 5.74) is -1.21. The second-order valence-corrected chi connectivity index (χ2v) is 5.84. The van der Waals surface area contributed by atoms with Crippen LogP contribution >= 0.6 is 11.6 Å². The van der Waals surface area contributed by atoms with Gasteiger partial charge < -0.3 is 15.2 Å². The van der Waals surface area contributed by atoms with E-state index in [1.54, 1.807) is 24.3 Å². The summed E-state index contributed by atoms with van der Waals surface area (Å²) in [5.74, 6) is -0.971. The molecule has 2 N–H and O–H groups in total. The van der Waals surface area contributed by atoms with Crippen molar-refractivity contribution in [2.24, 2.45) is 0 Å². The quantitative estimate of drug-likeness (QED) is 0.610. The van der Waals surface area contributed by atoms with Gasteiger partial charge in [0.15, 0.2) is 11.6 Å². The second-order valence-electron chi connectivity index (χ2n) is 5.40. The predicted octanol–water partition coefficient (Wildman–Crippen LogP) is 3.72. The Bertz CT molecular complexity index is 768. The molecule has 2 aromatic carbocycles. The van der Waals surface area contributed by atoms with Gasteiger partial charge in [-0.25, -0.2) is 4.39 Å². The van der Waals surface area contributed by atoms with E-state index in [4.69, 9.17) is 16.3 Å². The molecule has 0 amide bonds. The van der Waals surface area contributed by atoms with Gasteiger partial charge in [0, 0.05) is 17.6 Å². The van der Waals surface area contributed by atoms with E-state index in [2.05, 4.69) is 5.32 Å². The molecule has 0 radical (unpaired) electrons. The van der Waals surface area contributed by atoms with Crippen LogP contribution in [0.1, 0.15) is 12.5 Å². The molecule has 1 atom stereocenters. The van der Waals surface area contributed by atoms with Gasteiger partial charge in [-0.1, -0.05) is 23.7 Å². The van der Waals surface area contributed by atoms with E-state index in [1.165, 1.54) is 20.1 Å². The highest BCUT2D eigenvalue weighted by Gasteiger charge is 2.26. The fourth-order valence-electron chi connectivity index (χ4n) is 2.18. The molecule has 24 heavy (non-hydrogen) atoms. The van der Waals surface area contributed by atoms with E-state index in [0.29, 0.717) is 10.6 Å². The van der Waals surface area contributed by atoms with Crippen LogP contribution in [0.2, 0.25) is 5.02 Å². The number of methoxy groups -OCH3 is 1. The van der Waals surface area contributed by atoms with E-state index >= 15 is 0 Å². The number of nitrogens with zero attached hydrogens (tertiary/aromatic N) is 1. The summed E-state index contributed by atoms with van der Waals surface area (Å²) in [6.45, 7) is 1.49. The summed E-state index contributed by atoms with van der Waals surface area (Å²) in [7, 11) is 1.26. The van der Waals surface area contributed by atoms with Crippen LogP contribution in [0.4, 0.5) is 15.8 Å². The van der Waals surface area contributed by atoms with Crippen molar-refractivity contribution in [3.8, 4) is 5.75 Å². The van der Waals surface area contributed by atoms with E-state index in [0.717, 1.165) is 6.07 Å². The SMILES string of the molecule is COc1cc(NCC(C)(O)c2cccc(Cl)c2)c([N+](=O)[O-])cc1F. The number of hydrogen-bond donors (Lipinski definition) is 2. The molecule has 0 fully saturated rings. The molecule has 0 aliphatic carbocycles. The normalized spacial score (nSPS) is 13.2. The number of rotatable bonds is 6. The van der Waals surface area contributed by atoms with E-state index in [1.807, 2.05) is 0 Å². The predicted molar refractivity (Wildman–Crippen MR) is 89.1 cm³/mol. The zero-order valence-corrected chi connectivity index (χ0v) is 13.8. The first-order valence-corrected chi connectivity index (χ1v) is 7.36. The van der Waals surface area contributed by atoms with Crippen molar-refractivity contribution < 1.29 is 19.2 Å². The lowest BCUT2D eigenvalue weighted by atomic mass is 9.96. The Morgan fingerprint density at radius 3 is 2.71 bits per heavy atom. The van der Waals surface area contributed by atoms with Gasteiger partial charge in [-0.3, -0.25) is 10.1 Å². The molecule has 6 nitrogen and oxygen atoms in total. The minimum Gasteiger partial charge on any atom is -0.494 e. The third-order valence-corrected chi connectivity index (χ3v) is 3.77. The maximum Gasteiger partial charge on any atom is 0.295 e. The molecular formula is C16H16ClFN2O4. The first-order valence-electron chi connectivity index (χ1n) is 6.99. The van der Waals surface area contributed by atoms with E-state index < -0.39 is 22.0 Å². The topological polar surface area (TPSA) is 84.6 Å². The number of nitro benzene ring substituents is 1. The van der Waals surface area contributed by atoms with Gasteiger partial charge in [0.25, 0.3) is 5.69 Å². The number of ether oxygens (including phenoxy) is 1. The number of anilines is 1. The van der Waals surface area contributed by atoms with Crippen LogP contribution in [0.3, 0.4) is 0 Å². The molecule has 0 aliphatic rings. The Morgan fingerprint density at radius 2 is 2.12 bits per heavy atom. The van der Waals surface area contributed by atoms with E-state index in [-0.39, 0.29) is 18.0 Å². The smallest absolute Gasteiger partial charge is 0.295 e. The lowest BCUT2D eigenvalue weighted by Crippen LogP contribution is -2.30. The third-order valence-electron chi connectivity index (χ3n) is 3.54. The minimum atomic E-state index is -1.35. The summed E-state index contributed by atoms with van der Waals surface area (Å²) < 4.78 is 18.5. The van der Waals surface area contributed by atoms with Gasteiger partial charge in [0.1, 0.15) is 11.3 Å². The fraction of sp³-hybridized carbons (Fsp3) is 0.250. The number of nitrogens with one attached hydrogen (secondary N) is 1. The Labute approximate surface area is 143 Å². The molecule has 0 bridgehead atoms. The number of benzene rings is 2. The van der Waals surface area contributed by atoms with Gasteiger partial charge in [-0.15, -0.1) is 0 Å².